The second kappa shape index (κ2) is 5.31. The van der Waals surface area contributed by atoms with E-state index < -0.39 is 0 Å². The molecule has 0 heterocycles. The van der Waals surface area contributed by atoms with E-state index in [4.69, 9.17) is 4.74 Å². The maximum Gasteiger partial charge on any atom is 0.0604 e. The van der Waals surface area contributed by atoms with Gasteiger partial charge in [-0.1, -0.05) is 6.42 Å². The van der Waals surface area contributed by atoms with Crippen LogP contribution in [0.15, 0.2) is 0 Å². The smallest absolute Gasteiger partial charge is 0.0604 e. The molecule has 2 aliphatic rings. The van der Waals surface area contributed by atoms with Gasteiger partial charge in [-0.25, -0.2) is 0 Å². The molecule has 0 amide bonds. The molecule has 2 fully saturated rings. The van der Waals surface area contributed by atoms with Crippen molar-refractivity contribution >= 4 is 0 Å². The lowest BCUT2D eigenvalue weighted by atomic mass is 9.84. The number of aliphatic hydroxyl groups excluding tert-OH is 1. The van der Waals surface area contributed by atoms with E-state index >= 15 is 0 Å². The largest absolute Gasteiger partial charge is 0.393 e. The van der Waals surface area contributed by atoms with Crippen molar-refractivity contribution in [2.45, 2.75) is 64.1 Å². The summed E-state index contributed by atoms with van der Waals surface area (Å²) < 4.78 is 5.84. The minimum Gasteiger partial charge on any atom is -0.393 e. The summed E-state index contributed by atoms with van der Waals surface area (Å²) in [5.74, 6) is 1.35. The molecule has 88 valence electrons. The van der Waals surface area contributed by atoms with Crippen LogP contribution in [-0.2, 0) is 4.74 Å². The third kappa shape index (κ3) is 2.73. The van der Waals surface area contributed by atoms with E-state index in [2.05, 4.69) is 6.92 Å². The Labute approximate surface area is 93.0 Å². The van der Waals surface area contributed by atoms with Gasteiger partial charge in [-0.15, -0.1) is 0 Å². The number of ether oxygens (including phenoxy) is 1. The van der Waals surface area contributed by atoms with Gasteiger partial charge >= 0.3 is 0 Å². The van der Waals surface area contributed by atoms with Gasteiger partial charge in [0, 0.05) is 6.61 Å². The van der Waals surface area contributed by atoms with Crippen molar-refractivity contribution in [3.63, 3.8) is 0 Å². The van der Waals surface area contributed by atoms with Crippen LogP contribution in [0.4, 0.5) is 0 Å². The van der Waals surface area contributed by atoms with Gasteiger partial charge in [0.1, 0.15) is 0 Å². The van der Waals surface area contributed by atoms with Gasteiger partial charge in [0.2, 0.25) is 0 Å². The van der Waals surface area contributed by atoms with E-state index in [0.29, 0.717) is 12.0 Å². The Morgan fingerprint density at radius 3 is 2.53 bits per heavy atom. The van der Waals surface area contributed by atoms with E-state index in [0.717, 1.165) is 25.4 Å². The lowest BCUT2D eigenvalue weighted by Crippen LogP contribution is -2.30. The highest BCUT2D eigenvalue weighted by Gasteiger charge is 2.32. The van der Waals surface area contributed by atoms with Crippen LogP contribution in [0.1, 0.15) is 51.9 Å². The molecule has 2 saturated carbocycles. The summed E-state index contributed by atoms with van der Waals surface area (Å²) in [5.41, 5.74) is 0. The fraction of sp³-hybridized carbons (Fsp3) is 1.00. The maximum atomic E-state index is 10.1. The van der Waals surface area contributed by atoms with Gasteiger partial charge in [0.15, 0.2) is 0 Å². The van der Waals surface area contributed by atoms with E-state index in [1.54, 1.807) is 0 Å². The van der Waals surface area contributed by atoms with E-state index in [9.17, 15) is 5.11 Å². The van der Waals surface area contributed by atoms with Crippen molar-refractivity contribution in [3.8, 4) is 0 Å². The van der Waals surface area contributed by atoms with Crippen LogP contribution in [0.5, 0.6) is 0 Å². The van der Waals surface area contributed by atoms with Crippen molar-refractivity contribution in [3.05, 3.63) is 0 Å². The maximum absolute atomic E-state index is 10.1. The second-order valence-electron chi connectivity index (χ2n) is 5.17. The summed E-state index contributed by atoms with van der Waals surface area (Å²) >= 11 is 0. The highest BCUT2D eigenvalue weighted by molar-refractivity contribution is 4.83. The van der Waals surface area contributed by atoms with Crippen LogP contribution in [-0.4, -0.2) is 23.9 Å². The lowest BCUT2D eigenvalue weighted by molar-refractivity contribution is -0.0150. The van der Waals surface area contributed by atoms with Gasteiger partial charge in [0.05, 0.1) is 12.2 Å². The number of hydrogen-bond donors (Lipinski definition) is 1. The first-order valence-corrected chi connectivity index (χ1v) is 6.61. The molecule has 2 rings (SSSR count). The Hall–Kier alpha value is -0.0800. The van der Waals surface area contributed by atoms with Crippen molar-refractivity contribution < 1.29 is 9.84 Å². The number of fused-ring (bicyclic) bond motifs is 3. The zero-order valence-corrected chi connectivity index (χ0v) is 9.82. The predicted molar refractivity (Wildman–Crippen MR) is 60.7 cm³/mol. The summed E-state index contributed by atoms with van der Waals surface area (Å²) in [6.07, 6.45) is 8.69. The molecule has 1 N–H and O–H groups in total. The Morgan fingerprint density at radius 1 is 1.00 bits per heavy atom. The lowest BCUT2D eigenvalue weighted by Gasteiger charge is -2.30. The minimum atomic E-state index is -0.0630. The topological polar surface area (TPSA) is 29.5 Å². The molecular formula is C13H24O2. The molecule has 2 heteroatoms. The van der Waals surface area contributed by atoms with Crippen LogP contribution in [0.3, 0.4) is 0 Å². The van der Waals surface area contributed by atoms with Crippen molar-refractivity contribution in [1.82, 2.24) is 0 Å². The monoisotopic (exact) mass is 212 g/mol. The summed E-state index contributed by atoms with van der Waals surface area (Å²) in [6.45, 7) is 2.90. The second-order valence-corrected chi connectivity index (χ2v) is 5.17. The SMILES string of the molecule is CCOC1CCC(O)C2CCCC1CC2. The zero-order chi connectivity index (χ0) is 10.7. The first-order chi connectivity index (χ1) is 7.31. The fourth-order valence-corrected chi connectivity index (χ4v) is 3.36. The molecular weight excluding hydrogens is 188 g/mol. The molecule has 0 aromatic heterocycles. The standard InChI is InChI=1S/C13H24O2/c1-2-15-13-9-8-12(14)10-4-3-5-11(13)7-6-10/h10-14H,2-9H2,1H3. The van der Waals surface area contributed by atoms with E-state index in [-0.39, 0.29) is 6.10 Å². The molecule has 4 unspecified atom stereocenters. The Balaban J connectivity index is 2.03. The highest BCUT2D eigenvalue weighted by Crippen LogP contribution is 2.37. The number of aliphatic hydroxyl groups is 1. The highest BCUT2D eigenvalue weighted by atomic mass is 16.5. The summed E-state index contributed by atoms with van der Waals surface area (Å²) in [6, 6.07) is 0. The van der Waals surface area contributed by atoms with Crippen LogP contribution >= 0.6 is 0 Å². The molecule has 0 aromatic rings. The third-order valence-corrected chi connectivity index (χ3v) is 4.26. The van der Waals surface area contributed by atoms with Crippen LogP contribution in [0.2, 0.25) is 0 Å². The number of hydrogen-bond acceptors (Lipinski definition) is 2. The Morgan fingerprint density at radius 2 is 1.73 bits per heavy atom. The van der Waals surface area contributed by atoms with Gasteiger partial charge in [0.25, 0.3) is 0 Å². The van der Waals surface area contributed by atoms with E-state index in [1.165, 1.54) is 32.1 Å². The van der Waals surface area contributed by atoms with Crippen molar-refractivity contribution in [2.75, 3.05) is 6.61 Å². The van der Waals surface area contributed by atoms with Gasteiger partial charge in [-0.3, -0.25) is 0 Å². The molecule has 0 saturated heterocycles. The normalized spacial score (nSPS) is 42.0. The molecule has 0 spiro atoms. The van der Waals surface area contributed by atoms with E-state index in [1.807, 2.05) is 0 Å². The van der Waals surface area contributed by atoms with Crippen LogP contribution in [0.25, 0.3) is 0 Å². The number of rotatable bonds is 2. The first-order valence-electron chi connectivity index (χ1n) is 6.61. The average Bonchev–Trinajstić information content (AvgIpc) is 2.44. The first kappa shape index (κ1) is 11.4. The molecule has 0 aromatic carbocycles. The third-order valence-electron chi connectivity index (χ3n) is 4.26. The molecule has 15 heavy (non-hydrogen) atoms. The van der Waals surface area contributed by atoms with Gasteiger partial charge in [-0.2, -0.15) is 0 Å². The molecule has 0 radical (unpaired) electrons. The average molecular weight is 212 g/mol. The zero-order valence-electron chi connectivity index (χ0n) is 9.82. The minimum absolute atomic E-state index is 0.0630. The molecule has 2 nitrogen and oxygen atoms in total. The van der Waals surface area contributed by atoms with Crippen LogP contribution in [0, 0.1) is 11.8 Å². The predicted octanol–water partition coefficient (Wildman–Crippen LogP) is 2.74. The van der Waals surface area contributed by atoms with Crippen molar-refractivity contribution in [2.24, 2.45) is 11.8 Å². The Kier molecular flexibility index (Phi) is 4.04. The molecule has 2 bridgehead atoms. The fourth-order valence-electron chi connectivity index (χ4n) is 3.36. The van der Waals surface area contributed by atoms with Gasteiger partial charge in [-0.05, 0) is 57.3 Å². The van der Waals surface area contributed by atoms with Crippen LogP contribution < -0.4 is 0 Å². The summed E-state index contributed by atoms with van der Waals surface area (Å²) in [7, 11) is 0. The summed E-state index contributed by atoms with van der Waals surface area (Å²) in [5, 5.41) is 10.1. The van der Waals surface area contributed by atoms with Gasteiger partial charge < -0.3 is 9.84 Å². The molecule has 2 aliphatic carbocycles. The molecule has 4 atom stereocenters. The van der Waals surface area contributed by atoms with Crippen molar-refractivity contribution in [1.29, 1.82) is 0 Å². The quantitative estimate of drug-likeness (QED) is 0.762. The summed E-state index contributed by atoms with van der Waals surface area (Å²) in [4.78, 5) is 0. The Bertz CT molecular complexity index is 193. The molecule has 0 aliphatic heterocycles.